The number of benzene rings is 2. The molecule has 0 spiro atoms. The molecular formula is C29H30N4O5S. The SMILES string of the molecule is COc1ccc2c(c1)cc(-c1c[nH]c3ncc(-c4ccc(S(=O)(=O)C(C)C)cc4)nc13)n2C(=O)OC(C)(C)C. The minimum Gasteiger partial charge on any atom is -0.497 e. The average Bonchev–Trinajstić information content (AvgIpc) is 3.48. The first-order chi connectivity index (χ1) is 18.4. The Kier molecular flexibility index (Phi) is 6.46. The first-order valence-electron chi connectivity index (χ1n) is 12.5. The lowest BCUT2D eigenvalue weighted by Crippen LogP contribution is -2.27. The van der Waals surface area contributed by atoms with Crippen LogP contribution in [0.5, 0.6) is 5.75 Å². The van der Waals surface area contributed by atoms with Crippen molar-refractivity contribution in [2.24, 2.45) is 0 Å². The summed E-state index contributed by atoms with van der Waals surface area (Å²) in [6.07, 6.45) is 2.88. The summed E-state index contributed by atoms with van der Waals surface area (Å²) < 4.78 is 37.7. The maximum Gasteiger partial charge on any atom is 0.419 e. The molecule has 1 N–H and O–H groups in total. The maximum absolute atomic E-state index is 13.4. The largest absolute Gasteiger partial charge is 0.497 e. The van der Waals surface area contributed by atoms with E-state index in [9.17, 15) is 13.2 Å². The molecule has 0 fully saturated rings. The lowest BCUT2D eigenvalue weighted by atomic mass is 10.1. The number of nitrogens with one attached hydrogen (secondary N) is 1. The molecule has 0 saturated heterocycles. The highest BCUT2D eigenvalue weighted by Crippen LogP contribution is 2.35. The van der Waals surface area contributed by atoms with Gasteiger partial charge < -0.3 is 14.5 Å². The number of H-pyrrole nitrogens is 1. The average molecular weight is 547 g/mol. The number of rotatable bonds is 5. The molecule has 202 valence electrons. The fraction of sp³-hybridized carbons (Fsp3) is 0.276. The molecule has 5 rings (SSSR count). The van der Waals surface area contributed by atoms with Crippen molar-refractivity contribution >= 4 is 38.0 Å². The minimum absolute atomic E-state index is 0.259. The van der Waals surface area contributed by atoms with E-state index in [1.54, 1.807) is 63.7 Å². The topological polar surface area (TPSA) is 116 Å². The third-order valence-electron chi connectivity index (χ3n) is 6.34. The van der Waals surface area contributed by atoms with Crippen molar-refractivity contribution in [1.29, 1.82) is 0 Å². The number of ether oxygens (including phenoxy) is 2. The van der Waals surface area contributed by atoms with Gasteiger partial charge in [0.2, 0.25) is 0 Å². The van der Waals surface area contributed by atoms with Gasteiger partial charge in [0.15, 0.2) is 15.5 Å². The van der Waals surface area contributed by atoms with E-state index in [1.807, 2.05) is 39.0 Å². The zero-order valence-electron chi connectivity index (χ0n) is 22.6. The standard InChI is InChI=1S/C29H30N4O5S/c1-17(2)39(35,36)21-10-7-18(8-11-21)23-16-31-27-26(32-23)22(15-30-27)25-14-19-13-20(37-6)9-12-24(19)33(25)28(34)38-29(3,4)5/h7-17H,1-6H3,(H,30,31). The lowest BCUT2D eigenvalue weighted by Gasteiger charge is -2.21. The molecule has 9 nitrogen and oxygen atoms in total. The number of methoxy groups -OCH3 is 1. The van der Waals surface area contributed by atoms with Crippen LogP contribution in [0.2, 0.25) is 0 Å². The number of aromatic amines is 1. The van der Waals surface area contributed by atoms with Gasteiger partial charge in [-0.05, 0) is 71.0 Å². The van der Waals surface area contributed by atoms with Gasteiger partial charge >= 0.3 is 6.09 Å². The predicted molar refractivity (Wildman–Crippen MR) is 151 cm³/mol. The predicted octanol–water partition coefficient (Wildman–Crippen LogP) is 6.22. The van der Waals surface area contributed by atoms with Crippen LogP contribution in [0.4, 0.5) is 4.79 Å². The van der Waals surface area contributed by atoms with E-state index in [-0.39, 0.29) is 4.90 Å². The number of carbonyl (C=O) groups is 1. The van der Waals surface area contributed by atoms with Gasteiger partial charge in [0.25, 0.3) is 0 Å². The highest BCUT2D eigenvalue weighted by Gasteiger charge is 2.25. The number of aromatic nitrogens is 4. The summed E-state index contributed by atoms with van der Waals surface area (Å²) in [5, 5.41) is 0.286. The number of hydrogen-bond donors (Lipinski definition) is 1. The lowest BCUT2D eigenvalue weighted by molar-refractivity contribution is 0.0547. The molecule has 10 heteroatoms. The van der Waals surface area contributed by atoms with E-state index < -0.39 is 26.8 Å². The Bertz CT molecular complexity index is 1810. The molecule has 0 amide bonds. The number of nitrogens with zero attached hydrogens (tertiary/aromatic N) is 3. The van der Waals surface area contributed by atoms with Gasteiger partial charge in [-0.3, -0.25) is 0 Å². The van der Waals surface area contributed by atoms with Crippen molar-refractivity contribution in [3.8, 4) is 28.3 Å². The van der Waals surface area contributed by atoms with Crippen molar-refractivity contribution in [2.45, 2.75) is 50.4 Å². The number of fused-ring (bicyclic) bond motifs is 2. The van der Waals surface area contributed by atoms with Crippen LogP contribution >= 0.6 is 0 Å². The van der Waals surface area contributed by atoms with Gasteiger partial charge in [0, 0.05) is 22.7 Å². The van der Waals surface area contributed by atoms with Gasteiger partial charge in [-0.1, -0.05) is 12.1 Å². The van der Waals surface area contributed by atoms with Gasteiger partial charge in [-0.15, -0.1) is 0 Å². The quantitative estimate of drug-likeness (QED) is 0.278. The van der Waals surface area contributed by atoms with Gasteiger partial charge in [0.1, 0.15) is 16.9 Å². The molecule has 0 bridgehead atoms. The molecule has 3 aromatic heterocycles. The van der Waals surface area contributed by atoms with Crippen LogP contribution in [0, 0.1) is 0 Å². The zero-order valence-corrected chi connectivity index (χ0v) is 23.5. The summed E-state index contributed by atoms with van der Waals surface area (Å²) in [4.78, 5) is 26.2. The van der Waals surface area contributed by atoms with Crippen LogP contribution in [-0.4, -0.2) is 52.0 Å². The molecule has 3 heterocycles. The summed E-state index contributed by atoms with van der Waals surface area (Å²) in [6.45, 7) is 8.77. The van der Waals surface area contributed by atoms with Crippen molar-refractivity contribution in [1.82, 2.24) is 19.5 Å². The fourth-order valence-corrected chi connectivity index (χ4v) is 5.40. The molecule has 39 heavy (non-hydrogen) atoms. The minimum atomic E-state index is -3.38. The molecule has 0 radical (unpaired) electrons. The van der Waals surface area contributed by atoms with Crippen molar-refractivity contribution in [3.63, 3.8) is 0 Å². The van der Waals surface area contributed by atoms with Crippen LogP contribution in [0.1, 0.15) is 34.6 Å². The Labute approximate surface area is 226 Å². The Morgan fingerprint density at radius 1 is 1.05 bits per heavy atom. The summed E-state index contributed by atoms with van der Waals surface area (Å²) in [6, 6.07) is 14.0. The Morgan fingerprint density at radius 3 is 2.41 bits per heavy atom. The second-order valence-corrected chi connectivity index (χ2v) is 13.0. The van der Waals surface area contributed by atoms with E-state index in [1.165, 1.54) is 4.57 Å². The van der Waals surface area contributed by atoms with Crippen LogP contribution < -0.4 is 4.74 Å². The molecule has 0 aliphatic heterocycles. The molecule has 2 aromatic carbocycles. The maximum atomic E-state index is 13.4. The third-order valence-corrected chi connectivity index (χ3v) is 8.51. The highest BCUT2D eigenvalue weighted by atomic mass is 32.2. The Hall–Kier alpha value is -4.18. The van der Waals surface area contributed by atoms with E-state index in [0.717, 1.165) is 10.9 Å². The van der Waals surface area contributed by atoms with Crippen LogP contribution in [0.15, 0.2) is 65.8 Å². The van der Waals surface area contributed by atoms with Crippen molar-refractivity contribution in [2.75, 3.05) is 7.11 Å². The number of hydrogen-bond acceptors (Lipinski definition) is 7. The second-order valence-electron chi connectivity index (χ2n) is 10.5. The van der Waals surface area contributed by atoms with E-state index in [0.29, 0.717) is 39.4 Å². The zero-order chi connectivity index (χ0) is 28.1. The molecule has 0 unspecified atom stereocenters. The van der Waals surface area contributed by atoms with Crippen molar-refractivity contribution in [3.05, 3.63) is 60.9 Å². The monoisotopic (exact) mass is 546 g/mol. The van der Waals surface area contributed by atoms with E-state index >= 15 is 0 Å². The summed E-state index contributed by atoms with van der Waals surface area (Å²) in [5.41, 5.74) is 3.62. The summed E-state index contributed by atoms with van der Waals surface area (Å²) in [5.74, 6) is 0.666. The van der Waals surface area contributed by atoms with Crippen molar-refractivity contribution < 1.29 is 22.7 Å². The van der Waals surface area contributed by atoms with Gasteiger partial charge in [-0.25, -0.2) is 27.7 Å². The van der Waals surface area contributed by atoms with Crippen LogP contribution in [0.3, 0.4) is 0 Å². The Morgan fingerprint density at radius 2 is 1.77 bits per heavy atom. The molecular weight excluding hydrogens is 516 g/mol. The van der Waals surface area contributed by atoms with E-state index in [4.69, 9.17) is 14.5 Å². The first-order valence-corrected chi connectivity index (χ1v) is 14.1. The second kappa shape index (κ2) is 9.53. The number of sulfone groups is 1. The Balaban J connectivity index is 1.65. The third kappa shape index (κ3) is 4.87. The first kappa shape index (κ1) is 26.4. The molecule has 0 atom stereocenters. The van der Waals surface area contributed by atoms with Crippen LogP contribution in [0.25, 0.3) is 44.6 Å². The fourth-order valence-electron chi connectivity index (χ4n) is 4.34. The van der Waals surface area contributed by atoms with Crippen LogP contribution in [-0.2, 0) is 14.6 Å². The summed E-state index contributed by atoms with van der Waals surface area (Å²) in [7, 11) is -1.79. The van der Waals surface area contributed by atoms with E-state index in [2.05, 4.69) is 9.97 Å². The van der Waals surface area contributed by atoms with Gasteiger partial charge in [-0.2, -0.15) is 0 Å². The summed E-state index contributed by atoms with van der Waals surface area (Å²) >= 11 is 0. The molecule has 0 saturated carbocycles. The van der Waals surface area contributed by atoms with Gasteiger partial charge in [0.05, 0.1) is 40.4 Å². The molecule has 5 aromatic rings. The number of carbonyl (C=O) groups excluding carboxylic acids is 1. The molecule has 0 aliphatic carbocycles. The smallest absolute Gasteiger partial charge is 0.419 e. The normalized spacial score (nSPS) is 12.4. The highest BCUT2D eigenvalue weighted by molar-refractivity contribution is 7.92. The molecule has 0 aliphatic rings.